The van der Waals surface area contributed by atoms with Crippen LogP contribution >= 0.6 is 0 Å². The van der Waals surface area contributed by atoms with Gasteiger partial charge in [0.1, 0.15) is 6.17 Å². The van der Waals surface area contributed by atoms with Gasteiger partial charge in [0.05, 0.1) is 16.9 Å². The maximum Gasteiger partial charge on any atom is 0.416 e. The summed E-state index contributed by atoms with van der Waals surface area (Å²) >= 11 is 0. The van der Waals surface area contributed by atoms with Crippen molar-refractivity contribution in [3.63, 3.8) is 0 Å². The Labute approximate surface area is 234 Å². The van der Waals surface area contributed by atoms with Crippen LogP contribution in [0.1, 0.15) is 78.1 Å². The Hall–Kier alpha value is -3.25. The molecule has 0 radical (unpaired) electrons. The molecule has 3 nitrogen and oxygen atoms in total. The molecule has 1 spiro atoms. The highest BCUT2D eigenvalue weighted by Crippen LogP contribution is 2.49. The summed E-state index contributed by atoms with van der Waals surface area (Å²) in [6.45, 7) is 6.89. The number of hydrogen-bond donors (Lipinski definition) is 2. The van der Waals surface area contributed by atoms with E-state index in [-0.39, 0.29) is 11.6 Å². The fraction of sp³-hybridized carbons (Fsp3) is 0.412. The summed E-state index contributed by atoms with van der Waals surface area (Å²) in [6, 6.07) is 19.9. The summed E-state index contributed by atoms with van der Waals surface area (Å²) in [7, 11) is 0. The maximum atomic E-state index is 13.2. The van der Waals surface area contributed by atoms with Crippen LogP contribution in [0.3, 0.4) is 0 Å². The molecule has 1 saturated carbocycles. The molecule has 2 aliphatic carbocycles. The number of anilines is 2. The molecule has 4 aliphatic rings. The van der Waals surface area contributed by atoms with Crippen LogP contribution in [0.25, 0.3) is 6.08 Å². The van der Waals surface area contributed by atoms with Crippen molar-refractivity contribution in [1.82, 2.24) is 4.90 Å². The number of fused-ring (bicyclic) bond motifs is 3. The molecule has 2 N–H and O–H groups in total. The van der Waals surface area contributed by atoms with Gasteiger partial charge in [-0.25, -0.2) is 0 Å². The van der Waals surface area contributed by atoms with Gasteiger partial charge in [-0.2, -0.15) is 13.2 Å². The normalized spacial score (nSPS) is 29.3. The minimum Gasteiger partial charge on any atom is -0.360 e. The third-order valence-electron chi connectivity index (χ3n) is 10.2. The van der Waals surface area contributed by atoms with E-state index in [4.69, 9.17) is 0 Å². The molecule has 7 rings (SSSR count). The number of allylic oxidation sites excluding steroid dienone is 1. The molecule has 2 aliphatic heterocycles. The molecule has 1 saturated heterocycles. The molecule has 4 unspecified atom stereocenters. The van der Waals surface area contributed by atoms with E-state index in [1.807, 2.05) is 0 Å². The van der Waals surface area contributed by atoms with Gasteiger partial charge in [-0.1, -0.05) is 61.5 Å². The number of nitrogens with zero attached hydrogens (tertiary/aromatic N) is 1. The molecule has 0 bridgehead atoms. The van der Waals surface area contributed by atoms with Crippen LogP contribution in [-0.4, -0.2) is 24.0 Å². The number of nitrogens with one attached hydrogen (secondary N) is 2. The van der Waals surface area contributed by atoms with Crippen molar-refractivity contribution < 1.29 is 13.2 Å². The summed E-state index contributed by atoms with van der Waals surface area (Å²) in [5.41, 5.74) is 7.37. The van der Waals surface area contributed by atoms with E-state index in [9.17, 15) is 13.2 Å². The third-order valence-corrected chi connectivity index (χ3v) is 10.2. The zero-order valence-corrected chi connectivity index (χ0v) is 23.1. The van der Waals surface area contributed by atoms with Crippen LogP contribution in [0.4, 0.5) is 24.5 Å². The summed E-state index contributed by atoms with van der Waals surface area (Å²) in [5, 5.41) is 6.57. The molecule has 0 amide bonds. The lowest BCUT2D eigenvalue weighted by Crippen LogP contribution is -2.50. The molecular formula is C34H36F3N3. The number of benzene rings is 3. The van der Waals surface area contributed by atoms with Crippen molar-refractivity contribution in [2.75, 3.05) is 23.7 Å². The largest absolute Gasteiger partial charge is 0.416 e. The molecule has 3 aromatic carbocycles. The molecule has 208 valence electrons. The van der Waals surface area contributed by atoms with E-state index in [1.54, 1.807) is 0 Å². The molecule has 5 atom stereocenters. The van der Waals surface area contributed by atoms with Gasteiger partial charge >= 0.3 is 6.18 Å². The predicted molar refractivity (Wildman–Crippen MR) is 155 cm³/mol. The molecule has 2 heterocycles. The van der Waals surface area contributed by atoms with Crippen LogP contribution in [0.15, 0.2) is 66.7 Å². The van der Waals surface area contributed by atoms with Crippen molar-refractivity contribution in [3.8, 4) is 0 Å². The molecule has 3 aromatic rings. The fourth-order valence-electron chi connectivity index (χ4n) is 7.94. The first-order chi connectivity index (χ1) is 19.2. The first-order valence-electron chi connectivity index (χ1n) is 14.6. The van der Waals surface area contributed by atoms with Gasteiger partial charge in [-0.05, 0) is 97.0 Å². The van der Waals surface area contributed by atoms with Crippen molar-refractivity contribution in [2.45, 2.75) is 69.2 Å². The predicted octanol–water partition coefficient (Wildman–Crippen LogP) is 8.49. The Morgan fingerprint density at radius 2 is 1.77 bits per heavy atom. The van der Waals surface area contributed by atoms with Crippen LogP contribution in [0, 0.1) is 12.8 Å². The van der Waals surface area contributed by atoms with Crippen LogP contribution < -0.4 is 10.6 Å². The van der Waals surface area contributed by atoms with Gasteiger partial charge in [-0.15, -0.1) is 0 Å². The molecule has 40 heavy (non-hydrogen) atoms. The summed E-state index contributed by atoms with van der Waals surface area (Å²) < 4.78 is 39.5. The van der Waals surface area contributed by atoms with Gasteiger partial charge in [0, 0.05) is 18.0 Å². The first kappa shape index (κ1) is 25.7. The van der Waals surface area contributed by atoms with Crippen molar-refractivity contribution >= 4 is 17.5 Å². The Morgan fingerprint density at radius 1 is 0.950 bits per heavy atom. The van der Waals surface area contributed by atoms with Crippen LogP contribution in [0.2, 0.25) is 0 Å². The molecular weight excluding hydrogens is 507 g/mol. The monoisotopic (exact) mass is 543 g/mol. The van der Waals surface area contributed by atoms with Crippen molar-refractivity contribution in [3.05, 3.63) is 100 Å². The smallest absolute Gasteiger partial charge is 0.360 e. The maximum absolute atomic E-state index is 13.2. The number of aryl methyl sites for hydroxylation is 1. The minimum absolute atomic E-state index is 0.188. The van der Waals surface area contributed by atoms with E-state index in [2.05, 4.69) is 84.0 Å². The molecule has 0 aromatic heterocycles. The summed E-state index contributed by atoms with van der Waals surface area (Å²) in [5.74, 6) is 1.14. The van der Waals surface area contributed by atoms with E-state index in [0.717, 1.165) is 24.7 Å². The number of rotatable bonds is 3. The number of alkyl halides is 3. The summed E-state index contributed by atoms with van der Waals surface area (Å²) in [6.07, 6.45) is 5.04. The molecule has 6 heteroatoms. The van der Waals surface area contributed by atoms with Gasteiger partial charge in [0.25, 0.3) is 0 Å². The average molecular weight is 544 g/mol. The van der Waals surface area contributed by atoms with Crippen molar-refractivity contribution in [2.24, 2.45) is 5.92 Å². The highest BCUT2D eigenvalue weighted by atomic mass is 19.4. The van der Waals surface area contributed by atoms with E-state index in [1.165, 1.54) is 60.1 Å². The Bertz CT molecular complexity index is 1480. The quantitative estimate of drug-likeness (QED) is 0.347. The van der Waals surface area contributed by atoms with Crippen LogP contribution in [0.5, 0.6) is 0 Å². The fourth-order valence-corrected chi connectivity index (χ4v) is 7.94. The third kappa shape index (κ3) is 4.23. The lowest BCUT2D eigenvalue weighted by molar-refractivity contribution is -0.137. The van der Waals surface area contributed by atoms with Gasteiger partial charge in [0.15, 0.2) is 0 Å². The van der Waals surface area contributed by atoms with E-state index < -0.39 is 11.7 Å². The SMILES string of the molecule is Cc1cc(C2Nc3ccc(C(F)(F)F)cc3N2)ccc1C1CCC(N2CCC3(C=Cc4ccccc43)[C@@H](C)C2)C1. The lowest BCUT2D eigenvalue weighted by atomic mass is 9.68. The zero-order chi connectivity index (χ0) is 27.6. The van der Waals surface area contributed by atoms with E-state index >= 15 is 0 Å². The Kier molecular flexibility index (Phi) is 6.04. The summed E-state index contributed by atoms with van der Waals surface area (Å²) in [4.78, 5) is 2.76. The highest BCUT2D eigenvalue weighted by Gasteiger charge is 2.45. The number of hydrogen-bond acceptors (Lipinski definition) is 3. The lowest BCUT2D eigenvalue weighted by Gasteiger charge is -2.46. The Morgan fingerprint density at radius 3 is 2.58 bits per heavy atom. The van der Waals surface area contributed by atoms with Gasteiger partial charge in [0.2, 0.25) is 0 Å². The van der Waals surface area contributed by atoms with Crippen LogP contribution in [-0.2, 0) is 11.6 Å². The number of halogens is 3. The second-order valence-electron chi connectivity index (χ2n) is 12.4. The highest BCUT2D eigenvalue weighted by molar-refractivity contribution is 5.76. The van der Waals surface area contributed by atoms with Crippen molar-refractivity contribution in [1.29, 1.82) is 0 Å². The van der Waals surface area contributed by atoms with Gasteiger partial charge < -0.3 is 15.5 Å². The minimum atomic E-state index is -4.35. The first-order valence-corrected chi connectivity index (χ1v) is 14.6. The second kappa shape index (κ2) is 9.41. The average Bonchev–Trinajstić information content (AvgIpc) is 3.67. The molecule has 2 fully saturated rings. The topological polar surface area (TPSA) is 27.3 Å². The Balaban J connectivity index is 1.01. The zero-order valence-electron chi connectivity index (χ0n) is 23.1. The second-order valence-corrected chi connectivity index (χ2v) is 12.4. The number of piperidine rings is 1. The van der Waals surface area contributed by atoms with Gasteiger partial charge in [-0.3, -0.25) is 0 Å². The number of likely N-dealkylation sites (tertiary alicyclic amines) is 1. The van der Waals surface area contributed by atoms with E-state index in [0.29, 0.717) is 29.3 Å². The standard InChI is InChI=1S/C34H36F3N3/c1-21-17-25(32-38-30-12-9-26(34(35,36)37)19-31(30)39-32)8-11-28(21)24-7-10-27(18-24)40-16-15-33(22(2)20-40)14-13-23-5-3-4-6-29(23)33/h3-6,8-9,11-14,17,19,22,24,27,32,38-39H,7,10,15-16,18,20H2,1-2H3/t22-,24?,27?,32?,33?/m0/s1.